The minimum atomic E-state index is -0.736. The Kier molecular flexibility index (Phi) is 13.2. The predicted molar refractivity (Wildman–Crippen MR) is 123 cm³/mol. The number of hydrogen-bond donors (Lipinski definition) is 4. The van der Waals surface area contributed by atoms with Gasteiger partial charge in [-0.05, 0) is 37.8 Å². The topological polar surface area (TPSA) is 86.1 Å². The van der Waals surface area contributed by atoms with E-state index >= 15 is 0 Å². The van der Waals surface area contributed by atoms with Crippen LogP contribution in [0.15, 0.2) is 23.2 Å². The van der Waals surface area contributed by atoms with Gasteiger partial charge < -0.3 is 25.6 Å². The number of phenols is 1. The SMILES string of the molecule is CCCC(O)(CCC)CN=C(NCC)NCCc1ccc(OC)cc1O.I. The van der Waals surface area contributed by atoms with E-state index in [-0.39, 0.29) is 29.7 Å². The molecule has 7 heteroatoms. The third kappa shape index (κ3) is 9.51. The zero-order valence-corrected chi connectivity index (χ0v) is 19.4. The van der Waals surface area contributed by atoms with E-state index in [4.69, 9.17) is 4.74 Å². The number of aromatic hydroxyl groups is 1. The largest absolute Gasteiger partial charge is 0.508 e. The Morgan fingerprint density at radius 3 is 2.33 bits per heavy atom. The number of hydrogen-bond acceptors (Lipinski definition) is 4. The number of phenolic OH excluding ortho intramolecular Hbond substituents is 1. The van der Waals surface area contributed by atoms with Gasteiger partial charge in [-0.2, -0.15) is 0 Å². The second-order valence-corrected chi connectivity index (χ2v) is 6.59. The number of aliphatic hydroxyl groups is 1. The Labute approximate surface area is 180 Å². The van der Waals surface area contributed by atoms with Crippen LogP contribution in [0.2, 0.25) is 0 Å². The summed E-state index contributed by atoms with van der Waals surface area (Å²) < 4.78 is 5.10. The van der Waals surface area contributed by atoms with Crippen molar-refractivity contribution in [3.63, 3.8) is 0 Å². The van der Waals surface area contributed by atoms with E-state index in [9.17, 15) is 10.2 Å². The van der Waals surface area contributed by atoms with Gasteiger partial charge in [0.2, 0.25) is 0 Å². The highest BCUT2D eigenvalue weighted by molar-refractivity contribution is 14.0. The fraction of sp³-hybridized carbons (Fsp3) is 0.650. The molecule has 0 heterocycles. The van der Waals surface area contributed by atoms with Gasteiger partial charge in [0.05, 0.1) is 19.3 Å². The standard InChI is InChI=1S/C20H35N3O3.HI/c1-5-11-20(25,12-6-2)15-23-19(21-7-3)22-13-10-16-8-9-17(26-4)14-18(16)24;/h8-9,14,24-25H,5-7,10-13,15H2,1-4H3,(H2,21,22,23);1H. The monoisotopic (exact) mass is 493 g/mol. The highest BCUT2D eigenvalue weighted by Crippen LogP contribution is 2.23. The molecule has 0 saturated heterocycles. The normalized spacial score (nSPS) is 11.7. The molecule has 0 spiro atoms. The van der Waals surface area contributed by atoms with Gasteiger partial charge in [0, 0.05) is 19.2 Å². The van der Waals surface area contributed by atoms with Crippen molar-refractivity contribution < 1.29 is 14.9 Å². The van der Waals surface area contributed by atoms with Crippen LogP contribution in [0, 0.1) is 0 Å². The molecule has 0 aliphatic carbocycles. The molecule has 1 aromatic rings. The fourth-order valence-corrected chi connectivity index (χ4v) is 2.98. The summed E-state index contributed by atoms with van der Waals surface area (Å²) >= 11 is 0. The lowest BCUT2D eigenvalue weighted by Gasteiger charge is -2.26. The van der Waals surface area contributed by atoms with Gasteiger partial charge in [-0.15, -0.1) is 24.0 Å². The number of rotatable bonds is 11. The molecule has 156 valence electrons. The van der Waals surface area contributed by atoms with Crippen molar-refractivity contribution in [2.24, 2.45) is 4.99 Å². The predicted octanol–water partition coefficient (Wildman–Crippen LogP) is 3.45. The summed E-state index contributed by atoms with van der Waals surface area (Å²) in [6.45, 7) is 7.93. The number of halogens is 1. The highest BCUT2D eigenvalue weighted by Gasteiger charge is 2.24. The molecule has 0 amide bonds. The summed E-state index contributed by atoms with van der Waals surface area (Å²) in [4.78, 5) is 4.57. The Morgan fingerprint density at radius 2 is 1.81 bits per heavy atom. The second-order valence-electron chi connectivity index (χ2n) is 6.59. The van der Waals surface area contributed by atoms with Crippen LogP contribution in [0.3, 0.4) is 0 Å². The lowest BCUT2D eigenvalue weighted by atomic mass is 9.93. The molecular weight excluding hydrogens is 457 g/mol. The van der Waals surface area contributed by atoms with Crippen molar-refractivity contribution in [1.29, 1.82) is 0 Å². The van der Waals surface area contributed by atoms with Gasteiger partial charge in [-0.1, -0.05) is 32.8 Å². The van der Waals surface area contributed by atoms with Crippen molar-refractivity contribution in [3.8, 4) is 11.5 Å². The Hall–Kier alpha value is -1.22. The lowest BCUT2D eigenvalue weighted by molar-refractivity contribution is 0.0306. The van der Waals surface area contributed by atoms with Gasteiger partial charge in [-0.25, -0.2) is 0 Å². The minimum Gasteiger partial charge on any atom is -0.508 e. The van der Waals surface area contributed by atoms with E-state index in [1.54, 1.807) is 13.2 Å². The van der Waals surface area contributed by atoms with E-state index < -0.39 is 5.60 Å². The Morgan fingerprint density at radius 1 is 1.15 bits per heavy atom. The average Bonchev–Trinajstić information content (AvgIpc) is 2.61. The van der Waals surface area contributed by atoms with Crippen molar-refractivity contribution in [1.82, 2.24) is 10.6 Å². The second kappa shape index (κ2) is 13.9. The van der Waals surface area contributed by atoms with Gasteiger partial charge in [0.25, 0.3) is 0 Å². The molecule has 0 unspecified atom stereocenters. The van der Waals surface area contributed by atoms with E-state index in [0.717, 1.165) is 37.8 Å². The first-order chi connectivity index (χ1) is 12.5. The summed E-state index contributed by atoms with van der Waals surface area (Å²) in [7, 11) is 1.58. The van der Waals surface area contributed by atoms with Crippen molar-refractivity contribution in [3.05, 3.63) is 23.8 Å². The summed E-state index contributed by atoms with van der Waals surface area (Å²) in [5, 5.41) is 27.2. The average molecular weight is 493 g/mol. The van der Waals surface area contributed by atoms with Crippen LogP contribution in [-0.2, 0) is 6.42 Å². The zero-order valence-electron chi connectivity index (χ0n) is 17.0. The molecule has 0 aromatic heterocycles. The molecule has 0 aliphatic heterocycles. The lowest BCUT2D eigenvalue weighted by Crippen LogP contribution is -2.40. The molecule has 27 heavy (non-hydrogen) atoms. The molecule has 0 atom stereocenters. The fourth-order valence-electron chi connectivity index (χ4n) is 2.98. The van der Waals surface area contributed by atoms with E-state index in [0.29, 0.717) is 31.2 Å². The summed E-state index contributed by atoms with van der Waals surface area (Å²) in [6, 6.07) is 5.31. The number of aliphatic imine (C=N–C) groups is 1. The molecule has 0 saturated carbocycles. The van der Waals surface area contributed by atoms with Crippen molar-refractivity contribution in [2.45, 2.75) is 58.5 Å². The van der Waals surface area contributed by atoms with Crippen LogP contribution in [0.1, 0.15) is 52.0 Å². The van der Waals surface area contributed by atoms with Crippen LogP contribution in [0.4, 0.5) is 0 Å². The summed E-state index contributed by atoms with van der Waals surface area (Å²) in [5.74, 6) is 1.56. The number of nitrogens with zero attached hydrogens (tertiary/aromatic N) is 1. The quantitative estimate of drug-likeness (QED) is 0.216. The highest BCUT2D eigenvalue weighted by atomic mass is 127. The molecule has 4 N–H and O–H groups in total. The first kappa shape index (κ1) is 25.8. The van der Waals surface area contributed by atoms with Gasteiger partial charge in [0.1, 0.15) is 11.5 Å². The molecule has 6 nitrogen and oxygen atoms in total. The number of methoxy groups -OCH3 is 1. The molecular formula is C20H36IN3O3. The smallest absolute Gasteiger partial charge is 0.191 e. The van der Waals surface area contributed by atoms with Crippen LogP contribution in [0.25, 0.3) is 0 Å². The molecule has 0 bridgehead atoms. The minimum absolute atomic E-state index is 0. The third-order valence-corrected chi connectivity index (χ3v) is 4.29. The Balaban J connectivity index is 0.00000676. The summed E-state index contributed by atoms with van der Waals surface area (Å²) in [6.07, 6.45) is 4.04. The Bertz CT molecular complexity index is 561. The molecule has 0 fully saturated rings. The van der Waals surface area contributed by atoms with Crippen molar-refractivity contribution >= 4 is 29.9 Å². The number of benzene rings is 1. The summed E-state index contributed by atoms with van der Waals surface area (Å²) in [5.41, 5.74) is 0.114. The van der Waals surface area contributed by atoms with Crippen LogP contribution < -0.4 is 15.4 Å². The number of nitrogens with one attached hydrogen (secondary N) is 2. The van der Waals surface area contributed by atoms with Crippen LogP contribution in [-0.4, -0.2) is 48.5 Å². The molecule has 0 radical (unpaired) electrons. The molecule has 1 aromatic carbocycles. The maximum absolute atomic E-state index is 10.7. The molecule has 0 aliphatic rings. The number of ether oxygens (including phenoxy) is 1. The van der Waals surface area contributed by atoms with Crippen LogP contribution >= 0.6 is 24.0 Å². The van der Waals surface area contributed by atoms with E-state index in [2.05, 4.69) is 29.5 Å². The van der Waals surface area contributed by atoms with Crippen LogP contribution in [0.5, 0.6) is 11.5 Å². The van der Waals surface area contributed by atoms with E-state index in [1.165, 1.54) is 0 Å². The first-order valence-corrected chi connectivity index (χ1v) is 9.58. The zero-order chi connectivity index (χ0) is 19.4. The number of guanidine groups is 1. The third-order valence-electron chi connectivity index (χ3n) is 4.29. The van der Waals surface area contributed by atoms with E-state index in [1.807, 2.05) is 19.1 Å². The van der Waals surface area contributed by atoms with Gasteiger partial charge in [0.15, 0.2) is 5.96 Å². The van der Waals surface area contributed by atoms with Gasteiger partial charge >= 0.3 is 0 Å². The maximum atomic E-state index is 10.7. The first-order valence-electron chi connectivity index (χ1n) is 9.58. The maximum Gasteiger partial charge on any atom is 0.191 e. The molecule has 1 rings (SSSR count). The van der Waals surface area contributed by atoms with Crippen molar-refractivity contribution in [2.75, 3.05) is 26.7 Å². The van der Waals surface area contributed by atoms with Gasteiger partial charge in [-0.3, -0.25) is 4.99 Å².